The Bertz CT molecular complexity index is 1150. The van der Waals surface area contributed by atoms with Gasteiger partial charge in [0.25, 0.3) is 5.91 Å². The Morgan fingerprint density at radius 3 is 2.56 bits per heavy atom. The van der Waals surface area contributed by atoms with E-state index in [1.165, 1.54) is 23.3 Å². The predicted molar refractivity (Wildman–Crippen MR) is 113 cm³/mol. The van der Waals surface area contributed by atoms with Gasteiger partial charge in [-0.2, -0.15) is 28.2 Å². The van der Waals surface area contributed by atoms with Crippen molar-refractivity contribution in [2.75, 3.05) is 13.7 Å². The molecule has 1 aromatic carbocycles. The highest BCUT2D eigenvalue weighted by atomic mass is 19.4. The summed E-state index contributed by atoms with van der Waals surface area (Å²) in [6.45, 7) is 0.375. The van der Waals surface area contributed by atoms with Crippen molar-refractivity contribution in [3.63, 3.8) is 0 Å². The molecule has 5 rings (SSSR count). The lowest BCUT2D eigenvalue weighted by molar-refractivity contribution is -0.137. The number of hydrogen-bond acceptors (Lipinski definition) is 6. The van der Waals surface area contributed by atoms with Crippen LogP contribution in [0.4, 0.5) is 13.2 Å². The molecule has 2 aliphatic rings. The fourth-order valence-corrected chi connectivity index (χ4v) is 4.99. The minimum atomic E-state index is -4.47. The number of fused-ring (bicyclic) bond motifs is 2. The molecule has 3 heterocycles. The molecule has 0 spiro atoms. The average Bonchev–Trinajstić information content (AvgIpc) is 3.56. The summed E-state index contributed by atoms with van der Waals surface area (Å²) >= 11 is 0. The van der Waals surface area contributed by atoms with Crippen LogP contribution < -0.4 is 4.74 Å². The number of halogens is 3. The molecule has 1 amide bonds. The quantitative estimate of drug-likeness (QED) is 0.546. The van der Waals surface area contributed by atoms with Gasteiger partial charge in [-0.3, -0.25) is 4.79 Å². The maximum atomic E-state index is 13.8. The molecule has 0 N–H and O–H groups in total. The van der Waals surface area contributed by atoms with Gasteiger partial charge in [-0.1, -0.05) is 12.1 Å². The number of aromatic nitrogens is 4. The van der Waals surface area contributed by atoms with E-state index < -0.39 is 11.7 Å². The topological polar surface area (TPSA) is 82.4 Å². The zero-order chi connectivity index (χ0) is 23.9. The number of likely N-dealkylation sites (tertiary alicyclic amines) is 1. The molecule has 1 aliphatic heterocycles. The molecule has 178 valence electrons. The van der Waals surface area contributed by atoms with Crippen molar-refractivity contribution >= 4 is 5.91 Å². The molecule has 11 heteroatoms. The Balaban J connectivity index is 1.41. The summed E-state index contributed by atoms with van der Waals surface area (Å²) in [7, 11) is 1.59. The molecule has 4 atom stereocenters. The van der Waals surface area contributed by atoms with E-state index in [0.29, 0.717) is 30.7 Å². The van der Waals surface area contributed by atoms with Crippen molar-refractivity contribution in [1.29, 1.82) is 0 Å². The van der Waals surface area contributed by atoms with Crippen LogP contribution in [0.2, 0.25) is 0 Å². The number of rotatable bonds is 6. The summed E-state index contributed by atoms with van der Waals surface area (Å²) in [6.07, 6.45) is 0.349. The minimum Gasteiger partial charge on any atom is -0.472 e. The van der Waals surface area contributed by atoms with Gasteiger partial charge in [0, 0.05) is 19.4 Å². The van der Waals surface area contributed by atoms with E-state index in [1.807, 2.05) is 0 Å². The lowest BCUT2D eigenvalue weighted by Crippen LogP contribution is -2.53. The van der Waals surface area contributed by atoms with Crippen molar-refractivity contribution in [1.82, 2.24) is 24.9 Å². The number of piperidine rings is 1. The lowest BCUT2D eigenvalue weighted by atomic mass is 9.97. The molecule has 34 heavy (non-hydrogen) atoms. The second kappa shape index (κ2) is 8.71. The predicted octanol–water partition coefficient (Wildman–Crippen LogP) is 3.38. The SMILES string of the molecule is COCC1C2CC(Oc3ccc(C(F)(F)F)cn3)C(C2)N1C(=O)c1ccccc1-n1nccn1. The third kappa shape index (κ3) is 4.00. The first-order valence-electron chi connectivity index (χ1n) is 10.8. The maximum Gasteiger partial charge on any atom is 0.417 e. The van der Waals surface area contributed by atoms with Crippen molar-refractivity contribution in [2.24, 2.45) is 5.92 Å². The number of hydrogen-bond donors (Lipinski definition) is 0. The third-order valence-corrected chi connectivity index (χ3v) is 6.44. The largest absolute Gasteiger partial charge is 0.472 e. The van der Waals surface area contributed by atoms with Gasteiger partial charge in [-0.25, -0.2) is 4.98 Å². The summed E-state index contributed by atoms with van der Waals surface area (Å²) < 4.78 is 49.9. The van der Waals surface area contributed by atoms with Crippen LogP contribution in [0.3, 0.4) is 0 Å². The Labute approximate surface area is 193 Å². The van der Waals surface area contributed by atoms with Crippen LogP contribution in [-0.2, 0) is 10.9 Å². The molecule has 1 aliphatic carbocycles. The Morgan fingerprint density at radius 2 is 1.88 bits per heavy atom. The molecule has 8 nitrogen and oxygen atoms in total. The Kier molecular flexibility index (Phi) is 5.72. The van der Waals surface area contributed by atoms with Crippen LogP contribution in [0.5, 0.6) is 5.88 Å². The van der Waals surface area contributed by atoms with Crippen LogP contribution >= 0.6 is 0 Å². The van der Waals surface area contributed by atoms with Gasteiger partial charge in [-0.15, -0.1) is 0 Å². The van der Waals surface area contributed by atoms with Crippen LogP contribution in [0, 0.1) is 5.92 Å². The first-order valence-corrected chi connectivity index (χ1v) is 10.8. The van der Waals surface area contributed by atoms with Crippen molar-refractivity contribution < 1.29 is 27.4 Å². The van der Waals surface area contributed by atoms with Crippen molar-refractivity contribution in [2.45, 2.75) is 37.2 Å². The molecular formula is C23H22F3N5O3. The normalized spacial score (nSPS) is 23.9. The molecular weight excluding hydrogens is 451 g/mol. The van der Waals surface area contributed by atoms with Gasteiger partial charge in [0.1, 0.15) is 6.10 Å². The lowest BCUT2D eigenvalue weighted by Gasteiger charge is -2.39. The van der Waals surface area contributed by atoms with Gasteiger partial charge >= 0.3 is 6.18 Å². The van der Waals surface area contributed by atoms with E-state index in [-0.39, 0.29) is 35.9 Å². The number of pyridine rings is 1. The zero-order valence-electron chi connectivity index (χ0n) is 18.2. The van der Waals surface area contributed by atoms with Crippen molar-refractivity contribution in [3.05, 3.63) is 66.1 Å². The molecule has 1 saturated heterocycles. The summed E-state index contributed by atoms with van der Waals surface area (Å²) in [5, 5.41) is 8.30. The van der Waals surface area contributed by atoms with Crippen LogP contribution in [0.25, 0.3) is 5.69 Å². The molecule has 2 bridgehead atoms. The summed E-state index contributed by atoms with van der Waals surface area (Å²) in [4.78, 5) is 20.8. The number of methoxy groups -OCH3 is 1. The van der Waals surface area contributed by atoms with Gasteiger partial charge in [0.2, 0.25) is 5.88 Å². The first-order chi connectivity index (χ1) is 16.4. The highest BCUT2D eigenvalue weighted by Gasteiger charge is 2.54. The number of amides is 1. The van der Waals surface area contributed by atoms with Crippen LogP contribution in [0.15, 0.2) is 55.0 Å². The maximum absolute atomic E-state index is 13.8. The van der Waals surface area contributed by atoms with Crippen LogP contribution in [0.1, 0.15) is 28.8 Å². The van der Waals surface area contributed by atoms with E-state index in [9.17, 15) is 18.0 Å². The highest BCUT2D eigenvalue weighted by molar-refractivity contribution is 5.98. The summed E-state index contributed by atoms with van der Waals surface area (Å²) in [5.74, 6) is 0.0434. The van der Waals surface area contributed by atoms with E-state index in [1.54, 1.807) is 36.3 Å². The van der Waals surface area contributed by atoms with Gasteiger partial charge in [0.05, 0.1) is 47.9 Å². The average molecular weight is 473 g/mol. The number of ether oxygens (including phenoxy) is 2. The number of para-hydroxylation sites is 1. The molecule has 2 aromatic heterocycles. The molecule has 4 unspecified atom stereocenters. The summed E-state index contributed by atoms with van der Waals surface area (Å²) in [5.41, 5.74) is 0.158. The number of nitrogens with zero attached hydrogens (tertiary/aromatic N) is 5. The minimum absolute atomic E-state index is 0.0994. The Hall–Kier alpha value is -3.47. The van der Waals surface area contributed by atoms with E-state index >= 15 is 0 Å². The smallest absolute Gasteiger partial charge is 0.417 e. The molecule has 3 aromatic rings. The fraction of sp³-hybridized carbons (Fsp3) is 0.391. The highest BCUT2D eigenvalue weighted by Crippen LogP contribution is 2.45. The van der Waals surface area contributed by atoms with E-state index in [4.69, 9.17) is 9.47 Å². The standard InChI is InChI=1S/C23H22F3N5O3/c1-33-13-19-14-10-18(20(11-14)34-21-7-6-15(12-27-21)23(24,25)26)30(19)22(32)16-4-2-3-5-17(16)31-28-8-9-29-31/h2-9,12,14,18-20H,10-11,13H2,1H3. The zero-order valence-corrected chi connectivity index (χ0v) is 18.2. The number of carbonyl (C=O) groups excluding carboxylic acids is 1. The number of benzene rings is 1. The molecule has 0 radical (unpaired) electrons. The third-order valence-electron chi connectivity index (χ3n) is 6.44. The monoisotopic (exact) mass is 473 g/mol. The first kappa shape index (κ1) is 22.3. The number of carbonyl (C=O) groups is 1. The molecule has 1 saturated carbocycles. The molecule has 2 fully saturated rings. The summed E-state index contributed by atoms with van der Waals surface area (Å²) in [6, 6.07) is 8.84. The fourth-order valence-electron chi connectivity index (χ4n) is 4.99. The second-order valence-electron chi connectivity index (χ2n) is 8.41. The van der Waals surface area contributed by atoms with Gasteiger partial charge in [0.15, 0.2) is 0 Å². The van der Waals surface area contributed by atoms with E-state index in [0.717, 1.165) is 12.3 Å². The van der Waals surface area contributed by atoms with Crippen molar-refractivity contribution in [3.8, 4) is 11.6 Å². The van der Waals surface area contributed by atoms with E-state index in [2.05, 4.69) is 15.2 Å². The Morgan fingerprint density at radius 1 is 1.12 bits per heavy atom. The number of alkyl halides is 3. The van der Waals surface area contributed by atoms with Gasteiger partial charge < -0.3 is 14.4 Å². The van der Waals surface area contributed by atoms with Gasteiger partial charge in [-0.05, 0) is 37.0 Å². The van der Waals surface area contributed by atoms with Crippen LogP contribution in [-0.4, -0.2) is 62.7 Å². The second-order valence-corrected chi connectivity index (χ2v) is 8.41.